The number of carbonyl (C=O) groups is 1. The third-order valence-corrected chi connectivity index (χ3v) is 6.76. The number of nitrogens with one attached hydrogen (secondary N) is 2. The van der Waals surface area contributed by atoms with Crippen molar-refractivity contribution in [3.63, 3.8) is 0 Å². The van der Waals surface area contributed by atoms with Crippen molar-refractivity contribution in [2.24, 2.45) is 4.99 Å². The number of aliphatic imine (C=N–C) groups is 1. The van der Waals surface area contributed by atoms with E-state index in [-0.39, 0.29) is 23.6 Å². The maximum absolute atomic E-state index is 12.6. The topological polar surface area (TPSA) is 103 Å². The van der Waals surface area contributed by atoms with Crippen LogP contribution < -0.4 is 10.6 Å². The summed E-state index contributed by atoms with van der Waals surface area (Å²) in [6, 6.07) is 7.08. The Kier molecular flexibility index (Phi) is 8.91. The third-order valence-electron chi connectivity index (χ3n) is 4.84. The van der Waals surface area contributed by atoms with Gasteiger partial charge in [-0.15, -0.1) is 0 Å². The quantitative estimate of drug-likeness (QED) is 0.494. The average Bonchev–Trinajstić information content (AvgIpc) is 2.73. The molecule has 0 atom stereocenters. The molecule has 1 heterocycles. The van der Waals surface area contributed by atoms with E-state index in [0.29, 0.717) is 37.8 Å². The van der Waals surface area contributed by atoms with Crippen LogP contribution in [0, 0.1) is 0 Å². The lowest BCUT2D eigenvalue weighted by molar-refractivity contribution is 0.0963. The number of nitrogens with zero attached hydrogens (tertiary/aromatic N) is 3. The molecule has 1 fully saturated rings. The average molecular weight is 440 g/mol. The summed E-state index contributed by atoms with van der Waals surface area (Å²) in [5, 5.41) is 6.61. The van der Waals surface area contributed by atoms with E-state index < -0.39 is 10.0 Å². The molecule has 1 aromatic carbocycles. The van der Waals surface area contributed by atoms with Crippen LogP contribution >= 0.6 is 0 Å². The number of guanidine groups is 1. The van der Waals surface area contributed by atoms with Crippen LogP contribution in [-0.4, -0.2) is 76.1 Å². The van der Waals surface area contributed by atoms with Gasteiger partial charge in [-0.25, -0.2) is 22.5 Å². The van der Waals surface area contributed by atoms with E-state index in [1.165, 1.54) is 18.4 Å². The van der Waals surface area contributed by atoms with Crippen LogP contribution in [0.1, 0.15) is 32.3 Å². The van der Waals surface area contributed by atoms with Gasteiger partial charge in [0.15, 0.2) is 5.96 Å². The highest BCUT2D eigenvalue weighted by Crippen LogP contribution is 2.19. The van der Waals surface area contributed by atoms with Crippen molar-refractivity contribution in [3.8, 4) is 0 Å². The number of benzene rings is 1. The van der Waals surface area contributed by atoms with E-state index in [4.69, 9.17) is 4.74 Å². The van der Waals surface area contributed by atoms with E-state index in [1.807, 2.05) is 13.0 Å². The summed E-state index contributed by atoms with van der Waals surface area (Å²) in [7, 11) is -0.505. The Labute approximate surface area is 179 Å². The standard InChI is InChI=1S/C20H33N5O4S/c1-5-21-19(23-17-11-13-25(14-12-17)20(26)29-6-2)22-15-16-9-7-8-10-18(16)30(27,28)24(3)4/h7-10,17H,5-6,11-15H2,1-4H3,(H2,21,22,23). The summed E-state index contributed by atoms with van der Waals surface area (Å²) in [6.45, 7) is 6.32. The molecule has 0 aliphatic carbocycles. The molecule has 0 aromatic heterocycles. The number of hydrogen-bond donors (Lipinski definition) is 2. The molecule has 0 unspecified atom stereocenters. The summed E-state index contributed by atoms with van der Waals surface area (Å²) in [4.78, 5) is 18.4. The molecule has 0 saturated carbocycles. The number of carbonyl (C=O) groups excluding carboxylic acids is 1. The molecule has 1 aromatic rings. The zero-order chi connectivity index (χ0) is 22.1. The van der Waals surface area contributed by atoms with Gasteiger partial charge in [0, 0.05) is 39.8 Å². The monoisotopic (exact) mass is 439 g/mol. The molecule has 2 rings (SSSR count). The fourth-order valence-electron chi connectivity index (χ4n) is 3.18. The minimum absolute atomic E-state index is 0.175. The fraction of sp³-hybridized carbons (Fsp3) is 0.600. The van der Waals surface area contributed by atoms with Crippen LogP contribution in [0.3, 0.4) is 0 Å². The SMILES string of the molecule is CCNC(=NCc1ccccc1S(=O)(=O)N(C)C)NC1CCN(C(=O)OCC)CC1. The van der Waals surface area contributed by atoms with E-state index >= 15 is 0 Å². The molecule has 1 saturated heterocycles. The van der Waals surface area contributed by atoms with E-state index in [0.717, 1.165) is 12.8 Å². The van der Waals surface area contributed by atoms with Crippen molar-refractivity contribution in [1.29, 1.82) is 0 Å². The van der Waals surface area contributed by atoms with Crippen molar-refractivity contribution in [2.75, 3.05) is 40.3 Å². The zero-order valence-electron chi connectivity index (χ0n) is 18.2. The predicted octanol–water partition coefficient (Wildman–Crippen LogP) is 1.61. The Balaban J connectivity index is 2.06. The number of rotatable bonds is 7. The highest BCUT2D eigenvalue weighted by molar-refractivity contribution is 7.89. The zero-order valence-corrected chi connectivity index (χ0v) is 19.0. The Morgan fingerprint density at radius 3 is 2.50 bits per heavy atom. The van der Waals surface area contributed by atoms with Crippen LogP contribution in [0.5, 0.6) is 0 Å². The summed E-state index contributed by atoms with van der Waals surface area (Å²) in [5.74, 6) is 0.629. The van der Waals surface area contributed by atoms with Gasteiger partial charge in [0.1, 0.15) is 0 Å². The number of hydrogen-bond acceptors (Lipinski definition) is 5. The highest BCUT2D eigenvalue weighted by atomic mass is 32.2. The van der Waals surface area contributed by atoms with Gasteiger partial charge < -0.3 is 20.3 Å². The van der Waals surface area contributed by atoms with Gasteiger partial charge in [-0.3, -0.25) is 0 Å². The Bertz CT molecular complexity index is 833. The first-order valence-electron chi connectivity index (χ1n) is 10.3. The molecule has 2 N–H and O–H groups in total. The van der Waals surface area contributed by atoms with E-state index in [2.05, 4.69) is 15.6 Å². The number of piperidine rings is 1. The van der Waals surface area contributed by atoms with Crippen LogP contribution in [0.4, 0.5) is 4.79 Å². The van der Waals surface area contributed by atoms with Crippen molar-refractivity contribution < 1.29 is 17.9 Å². The van der Waals surface area contributed by atoms with Crippen LogP contribution in [0.15, 0.2) is 34.2 Å². The molecule has 10 heteroatoms. The van der Waals surface area contributed by atoms with Crippen LogP contribution in [0.2, 0.25) is 0 Å². The number of sulfonamides is 1. The van der Waals surface area contributed by atoms with Gasteiger partial charge >= 0.3 is 6.09 Å². The van der Waals surface area contributed by atoms with Crippen molar-refractivity contribution in [1.82, 2.24) is 19.8 Å². The highest BCUT2D eigenvalue weighted by Gasteiger charge is 2.24. The van der Waals surface area contributed by atoms with E-state index in [1.54, 1.807) is 30.0 Å². The second-order valence-electron chi connectivity index (χ2n) is 7.19. The molecule has 0 radical (unpaired) electrons. The second-order valence-corrected chi connectivity index (χ2v) is 9.32. The summed E-state index contributed by atoms with van der Waals surface area (Å²) >= 11 is 0. The Morgan fingerprint density at radius 1 is 1.23 bits per heavy atom. The molecular formula is C20H33N5O4S. The first-order valence-corrected chi connectivity index (χ1v) is 11.7. The minimum atomic E-state index is -3.54. The van der Waals surface area contributed by atoms with Crippen molar-refractivity contribution in [3.05, 3.63) is 29.8 Å². The first kappa shape index (κ1) is 23.9. The van der Waals surface area contributed by atoms with Gasteiger partial charge in [0.2, 0.25) is 10.0 Å². The summed E-state index contributed by atoms with van der Waals surface area (Å²) < 4.78 is 31.4. The lowest BCUT2D eigenvalue weighted by Gasteiger charge is -2.32. The van der Waals surface area contributed by atoms with Crippen molar-refractivity contribution >= 4 is 22.1 Å². The molecule has 0 spiro atoms. The largest absolute Gasteiger partial charge is 0.450 e. The number of amides is 1. The van der Waals surface area contributed by atoms with Crippen molar-refractivity contribution in [2.45, 2.75) is 44.2 Å². The fourth-order valence-corrected chi connectivity index (χ4v) is 4.29. The lowest BCUT2D eigenvalue weighted by atomic mass is 10.1. The maximum Gasteiger partial charge on any atom is 0.409 e. The van der Waals surface area contributed by atoms with Crippen LogP contribution in [-0.2, 0) is 21.3 Å². The normalized spacial score (nSPS) is 15.9. The molecule has 1 aliphatic heterocycles. The summed E-state index contributed by atoms with van der Waals surface area (Å²) in [6.07, 6.45) is 1.30. The molecule has 168 valence electrons. The van der Waals surface area contributed by atoms with Gasteiger partial charge in [-0.1, -0.05) is 18.2 Å². The second kappa shape index (κ2) is 11.2. The molecule has 1 amide bonds. The predicted molar refractivity (Wildman–Crippen MR) is 117 cm³/mol. The van der Waals surface area contributed by atoms with Gasteiger partial charge in [0.25, 0.3) is 0 Å². The van der Waals surface area contributed by atoms with Gasteiger partial charge in [0.05, 0.1) is 18.0 Å². The minimum Gasteiger partial charge on any atom is -0.450 e. The molecule has 1 aliphatic rings. The third kappa shape index (κ3) is 6.33. The van der Waals surface area contributed by atoms with E-state index in [9.17, 15) is 13.2 Å². The Morgan fingerprint density at radius 2 is 1.90 bits per heavy atom. The molecule has 30 heavy (non-hydrogen) atoms. The number of ether oxygens (including phenoxy) is 1. The Hall–Kier alpha value is -2.33. The van der Waals surface area contributed by atoms with Gasteiger partial charge in [-0.05, 0) is 38.3 Å². The smallest absolute Gasteiger partial charge is 0.409 e. The molecule has 9 nitrogen and oxygen atoms in total. The number of likely N-dealkylation sites (tertiary alicyclic amines) is 1. The maximum atomic E-state index is 12.6. The molecule has 0 bridgehead atoms. The van der Waals surface area contributed by atoms with Crippen LogP contribution in [0.25, 0.3) is 0 Å². The lowest BCUT2D eigenvalue weighted by Crippen LogP contribution is -2.49. The summed E-state index contributed by atoms with van der Waals surface area (Å²) in [5.41, 5.74) is 0.639. The first-order chi connectivity index (χ1) is 14.3. The molecular weight excluding hydrogens is 406 g/mol. The van der Waals surface area contributed by atoms with Gasteiger partial charge in [-0.2, -0.15) is 0 Å².